The zero-order valence-corrected chi connectivity index (χ0v) is 11.6. The minimum absolute atomic E-state index is 0.0132. The van der Waals surface area contributed by atoms with Crippen molar-refractivity contribution in [1.82, 2.24) is 5.43 Å². The first-order valence-electron chi connectivity index (χ1n) is 5.61. The molecule has 0 aliphatic heterocycles. The molecule has 19 heavy (non-hydrogen) atoms. The molecule has 0 bridgehead atoms. The summed E-state index contributed by atoms with van der Waals surface area (Å²) in [5, 5.41) is 1.68. The van der Waals surface area contributed by atoms with Crippen LogP contribution in [0.4, 0.5) is 14.5 Å². The van der Waals surface area contributed by atoms with Gasteiger partial charge in [0.05, 0.1) is 5.69 Å². The molecule has 0 aliphatic carbocycles. The smallest absolute Gasteiger partial charge is 0.280 e. The fourth-order valence-corrected chi connectivity index (χ4v) is 1.71. The molecule has 0 heterocycles. The second-order valence-corrected chi connectivity index (χ2v) is 4.34. The van der Waals surface area contributed by atoms with E-state index in [1.807, 2.05) is 0 Å². The number of Topliss-reactive ketones (excluding diaryl/α,β-unsaturated/α-hetero) is 1. The average molecular weight is 289 g/mol. The number of rotatable bonds is 5. The van der Waals surface area contributed by atoms with E-state index in [0.717, 1.165) is 0 Å². The Morgan fingerprint density at radius 1 is 1.26 bits per heavy atom. The molecule has 1 N–H and O–H groups in total. The molecule has 1 aromatic rings. The number of hydrazine groups is 1. The number of hydrogen-bond donors (Lipinski definition) is 1. The Balaban J connectivity index is 3.29. The number of nitrogens with one attached hydrogen (secondary N) is 1. The fraction of sp³-hybridized carbons (Fsp3) is 0.308. The second-order valence-electron chi connectivity index (χ2n) is 3.90. The maximum Gasteiger partial charge on any atom is 0.280 e. The first kappa shape index (κ1) is 15.6. The van der Waals surface area contributed by atoms with Crippen molar-refractivity contribution in [2.75, 3.05) is 12.1 Å². The van der Waals surface area contributed by atoms with Gasteiger partial charge in [0.15, 0.2) is 5.78 Å². The molecule has 6 heteroatoms. The Morgan fingerprint density at radius 2 is 1.79 bits per heavy atom. The third kappa shape index (κ3) is 3.75. The number of ketones is 1. The summed E-state index contributed by atoms with van der Waals surface area (Å²) in [5.74, 6) is -0.399. The predicted molar refractivity (Wildman–Crippen MR) is 72.4 cm³/mol. The van der Waals surface area contributed by atoms with Gasteiger partial charge in [0.2, 0.25) is 0 Å². The Kier molecular flexibility index (Phi) is 5.44. The maximum atomic E-state index is 13.2. The van der Waals surface area contributed by atoms with Gasteiger partial charge in [-0.2, -0.15) is 0 Å². The van der Waals surface area contributed by atoms with Gasteiger partial charge in [-0.1, -0.05) is 11.6 Å². The first-order chi connectivity index (χ1) is 8.88. The number of carbonyl (C=O) groups excluding carboxylic acids is 1. The number of anilines is 1. The lowest BCUT2D eigenvalue weighted by atomic mass is 10.1. The number of nitrogens with zero attached hydrogens (tertiary/aromatic N) is 1. The highest BCUT2D eigenvalue weighted by Crippen LogP contribution is 2.25. The molecule has 0 unspecified atom stereocenters. The molecule has 104 valence electrons. The highest BCUT2D eigenvalue weighted by Gasteiger charge is 2.24. The summed E-state index contributed by atoms with van der Waals surface area (Å²) in [5.41, 5.74) is 2.78. The van der Waals surface area contributed by atoms with E-state index in [4.69, 9.17) is 11.6 Å². The molecule has 0 aliphatic rings. The number of benzene rings is 1. The Hall–Kier alpha value is -1.46. The van der Waals surface area contributed by atoms with E-state index in [9.17, 15) is 13.6 Å². The Labute approximate surface area is 115 Å². The highest BCUT2D eigenvalue weighted by molar-refractivity contribution is 6.30. The van der Waals surface area contributed by atoms with Crippen LogP contribution in [0.25, 0.3) is 0 Å². The fourth-order valence-electron chi connectivity index (χ4n) is 1.59. The molecule has 0 radical (unpaired) electrons. The van der Waals surface area contributed by atoms with Gasteiger partial charge in [-0.3, -0.25) is 9.80 Å². The zero-order valence-electron chi connectivity index (χ0n) is 10.9. The number of carbonyl (C=O) groups is 1. The van der Waals surface area contributed by atoms with Gasteiger partial charge in [-0.15, -0.1) is 0 Å². The van der Waals surface area contributed by atoms with Crippen molar-refractivity contribution >= 4 is 23.1 Å². The largest absolute Gasteiger partial charge is 0.295 e. The van der Waals surface area contributed by atoms with Gasteiger partial charge >= 0.3 is 0 Å². The van der Waals surface area contributed by atoms with Crippen molar-refractivity contribution in [2.45, 2.75) is 20.3 Å². The van der Waals surface area contributed by atoms with Crippen LogP contribution < -0.4 is 10.4 Å². The van der Waals surface area contributed by atoms with Gasteiger partial charge < -0.3 is 0 Å². The van der Waals surface area contributed by atoms with Crippen LogP contribution in [0.2, 0.25) is 5.02 Å². The monoisotopic (exact) mass is 288 g/mol. The zero-order chi connectivity index (χ0) is 14.6. The van der Waals surface area contributed by atoms with Crippen LogP contribution in [0.15, 0.2) is 35.5 Å². The molecule has 0 amide bonds. The lowest BCUT2D eigenvalue weighted by molar-refractivity contribution is -0.113. The predicted octanol–water partition coefficient (Wildman–Crippen LogP) is 3.41. The summed E-state index contributed by atoms with van der Waals surface area (Å²) in [4.78, 5) is 11.3. The second kappa shape index (κ2) is 6.63. The summed E-state index contributed by atoms with van der Waals surface area (Å²) in [7, 11) is 1.50. The Bertz CT molecular complexity index is 486. The van der Waals surface area contributed by atoms with Crippen molar-refractivity contribution in [3.8, 4) is 0 Å². The molecule has 3 nitrogen and oxygen atoms in total. The molecular formula is C13H15ClF2N2O. The lowest BCUT2D eigenvalue weighted by Gasteiger charge is -2.27. The molecule has 0 spiro atoms. The van der Waals surface area contributed by atoms with E-state index >= 15 is 0 Å². The van der Waals surface area contributed by atoms with E-state index in [1.54, 1.807) is 24.3 Å². The van der Waals surface area contributed by atoms with Crippen molar-refractivity contribution < 1.29 is 13.6 Å². The normalized spacial score (nSPS) is 12.4. The van der Waals surface area contributed by atoms with E-state index in [0.29, 0.717) is 10.7 Å². The number of halogens is 3. The molecule has 1 aromatic carbocycles. The van der Waals surface area contributed by atoms with Crippen LogP contribution in [0.1, 0.15) is 13.8 Å². The molecule has 0 fully saturated rings. The van der Waals surface area contributed by atoms with E-state index < -0.39 is 12.2 Å². The number of alkyl halides is 2. The number of hydrogen-bond acceptors (Lipinski definition) is 3. The third-order valence-electron chi connectivity index (χ3n) is 2.67. The minimum Gasteiger partial charge on any atom is -0.295 e. The van der Waals surface area contributed by atoms with E-state index in [-0.39, 0.29) is 11.3 Å². The minimum atomic E-state index is -2.77. The SMILES string of the molecule is CNN(/C(=C(\C)C(C)=O)C(F)F)c1ccc(Cl)cc1. The van der Waals surface area contributed by atoms with E-state index in [2.05, 4.69) is 5.43 Å². The maximum absolute atomic E-state index is 13.2. The summed E-state index contributed by atoms with van der Waals surface area (Å²) >= 11 is 5.76. The molecule has 0 atom stereocenters. The molecule has 0 aromatic heterocycles. The van der Waals surface area contributed by atoms with E-state index in [1.165, 1.54) is 25.9 Å². The van der Waals surface area contributed by atoms with Crippen LogP contribution in [-0.2, 0) is 4.79 Å². The molecule has 0 saturated carbocycles. The quantitative estimate of drug-likeness (QED) is 0.666. The average Bonchev–Trinajstić information content (AvgIpc) is 2.35. The van der Waals surface area contributed by atoms with Crippen molar-refractivity contribution in [3.63, 3.8) is 0 Å². The van der Waals surface area contributed by atoms with Crippen LogP contribution in [-0.4, -0.2) is 19.3 Å². The van der Waals surface area contributed by atoms with Gasteiger partial charge in [0.1, 0.15) is 5.70 Å². The first-order valence-corrected chi connectivity index (χ1v) is 5.99. The van der Waals surface area contributed by atoms with Crippen LogP contribution in [0, 0.1) is 0 Å². The molecule has 0 saturated heterocycles. The lowest BCUT2D eigenvalue weighted by Crippen LogP contribution is -2.38. The topological polar surface area (TPSA) is 32.3 Å². The highest BCUT2D eigenvalue weighted by atomic mass is 35.5. The summed E-state index contributed by atoms with van der Waals surface area (Å²) in [6.45, 7) is 2.64. The van der Waals surface area contributed by atoms with Gasteiger partial charge in [0.25, 0.3) is 6.43 Å². The van der Waals surface area contributed by atoms with Crippen LogP contribution >= 0.6 is 11.6 Å². The van der Waals surface area contributed by atoms with Crippen LogP contribution in [0.5, 0.6) is 0 Å². The standard InChI is InChI=1S/C13H15ClF2N2O/c1-8(9(2)19)12(13(15)16)18(17-3)11-6-4-10(14)5-7-11/h4-7,13,17H,1-3H3/b12-8+. The van der Waals surface area contributed by atoms with Gasteiger partial charge in [0, 0.05) is 17.6 Å². The van der Waals surface area contributed by atoms with Crippen molar-refractivity contribution in [2.24, 2.45) is 0 Å². The van der Waals surface area contributed by atoms with Crippen LogP contribution in [0.3, 0.4) is 0 Å². The van der Waals surface area contributed by atoms with Gasteiger partial charge in [-0.25, -0.2) is 14.2 Å². The summed E-state index contributed by atoms with van der Waals surface area (Å²) in [6, 6.07) is 6.37. The van der Waals surface area contributed by atoms with Crippen molar-refractivity contribution in [1.29, 1.82) is 0 Å². The molecule has 1 rings (SSSR count). The molecular weight excluding hydrogens is 274 g/mol. The summed E-state index contributed by atoms with van der Waals surface area (Å²) in [6.07, 6.45) is -2.77. The third-order valence-corrected chi connectivity index (χ3v) is 2.92. The summed E-state index contributed by atoms with van der Waals surface area (Å²) < 4.78 is 26.4. The Morgan fingerprint density at radius 3 is 2.16 bits per heavy atom. The number of allylic oxidation sites excluding steroid dienone is 2. The van der Waals surface area contributed by atoms with Crippen molar-refractivity contribution in [3.05, 3.63) is 40.6 Å². The van der Waals surface area contributed by atoms with Gasteiger partial charge in [-0.05, 0) is 38.1 Å².